The molecule has 3 nitrogen and oxygen atoms in total. The summed E-state index contributed by atoms with van der Waals surface area (Å²) >= 11 is 0. The Morgan fingerprint density at radius 3 is 2.59 bits per heavy atom. The highest BCUT2D eigenvalue weighted by molar-refractivity contribution is 5.77. The summed E-state index contributed by atoms with van der Waals surface area (Å²) < 4.78 is 53.0. The Morgan fingerprint density at radius 1 is 1.27 bits per heavy atom. The van der Waals surface area contributed by atoms with Crippen molar-refractivity contribution in [1.29, 1.82) is 0 Å². The lowest BCUT2D eigenvalue weighted by molar-refractivity contribution is -0.177. The minimum absolute atomic E-state index is 0.233. The molecule has 122 valence electrons. The van der Waals surface area contributed by atoms with E-state index in [-0.39, 0.29) is 11.7 Å². The molecular formula is C15H17F4NO2. The SMILES string of the molecule is O=C(COCC(F)(F)F)N1CC[C@@H](Cc2ccc(F)cc2)C1. The van der Waals surface area contributed by atoms with Gasteiger partial charge in [0, 0.05) is 13.1 Å². The van der Waals surface area contributed by atoms with Gasteiger partial charge in [0.05, 0.1) is 0 Å². The maximum absolute atomic E-state index is 12.8. The second-order valence-electron chi connectivity index (χ2n) is 5.43. The Labute approximate surface area is 125 Å². The van der Waals surface area contributed by atoms with E-state index in [1.54, 1.807) is 12.1 Å². The molecule has 1 aliphatic heterocycles. The number of hydrogen-bond acceptors (Lipinski definition) is 2. The molecule has 1 saturated heterocycles. The van der Waals surface area contributed by atoms with Crippen molar-refractivity contribution < 1.29 is 27.1 Å². The van der Waals surface area contributed by atoms with Crippen LogP contribution in [0.1, 0.15) is 12.0 Å². The third kappa shape index (κ3) is 5.29. The van der Waals surface area contributed by atoms with Crippen LogP contribution in [-0.2, 0) is 16.0 Å². The van der Waals surface area contributed by atoms with E-state index in [1.807, 2.05) is 0 Å². The average molecular weight is 319 g/mol. The number of alkyl halides is 3. The molecule has 1 aromatic rings. The van der Waals surface area contributed by atoms with Crippen molar-refractivity contribution >= 4 is 5.91 Å². The van der Waals surface area contributed by atoms with Gasteiger partial charge in [-0.3, -0.25) is 4.79 Å². The van der Waals surface area contributed by atoms with Crippen LogP contribution in [-0.4, -0.2) is 43.3 Å². The largest absolute Gasteiger partial charge is 0.411 e. The topological polar surface area (TPSA) is 29.5 Å². The van der Waals surface area contributed by atoms with E-state index in [0.29, 0.717) is 19.5 Å². The minimum Gasteiger partial charge on any atom is -0.362 e. The molecule has 0 saturated carbocycles. The van der Waals surface area contributed by atoms with Crippen molar-refractivity contribution in [3.8, 4) is 0 Å². The van der Waals surface area contributed by atoms with Crippen LogP contribution < -0.4 is 0 Å². The standard InChI is InChI=1S/C15H17F4NO2/c16-13-3-1-11(2-4-13)7-12-5-6-20(8-12)14(21)9-22-10-15(17,18)19/h1-4,12H,5-10H2/t12-/m0/s1. The van der Waals surface area contributed by atoms with E-state index in [4.69, 9.17) is 0 Å². The number of rotatable bonds is 5. The molecular weight excluding hydrogens is 302 g/mol. The zero-order valence-electron chi connectivity index (χ0n) is 11.9. The molecule has 0 bridgehead atoms. The van der Waals surface area contributed by atoms with E-state index in [2.05, 4.69) is 4.74 Å². The third-order valence-electron chi connectivity index (χ3n) is 3.57. The van der Waals surface area contributed by atoms with Crippen LogP contribution in [0, 0.1) is 11.7 Å². The first-order valence-electron chi connectivity index (χ1n) is 7.00. The predicted octanol–water partition coefficient (Wildman–Crippen LogP) is 2.80. The molecule has 2 rings (SSSR count). The average Bonchev–Trinajstić information content (AvgIpc) is 2.88. The van der Waals surface area contributed by atoms with Gasteiger partial charge >= 0.3 is 6.18 Å². The first-order chi connectivity index (χ1) is 10.3. The molecule has 1 atom stereocenters. The number of halogens is 4. The maximum Gasteiger partial charge on any atom is 0.411 e. The van der Waals surface area contributed by atoms with Gasteiger partial charge in [0.1, 0.15) is 19.0 Å². The smallest absolute Gasteiger partial charge is 0.362 e. The number of carbonyl (C=O) groups excluding carboxylic acids is 1. The van der Waals surface area contributed by atoms with Crippen molar-refractivity contribution in [2.24, 2.45) is 5.92 Å². The van der Waals surface area contributed by atoms with Gasteiger partial charge in [0.25, 0.3) is 0 Å². The summed E-state index contributed by atoms with van der Waals surface area (Å²) in [7, 11) is 0. The van der Waals surface area contributed by atoms with Crippen LogP contribution in [0.5, 0.6) is 0 Å². The number of nitrogens with zero attached hydrogens (tertiary/aromatic N) is 1. The zero-order chi connectivity index (χ0) is 16.2. The van der Waals surface area contributed by atoms with E-state index in [1.165, 1.54) is 17.0 Å². The van der Waals surface area contributed by atoms with Gasteiger partial charge in [-0.25, -0.2) is 4.39 Å². The Hall–Kier alpha value is -1.63. The number of amides is 1. The molecule has 1 fully saturated rings. The highest BCUT2D eigenvalue weighted by Gasteiger charge is 2.30. The van der Waals surface area contributed by atoms with Crippen LogP contribution in [0.4, 0.5) is 17.6 Å². The van der Waals surface area contributed by atoms with Gasteiger partial charge in [-0.15, -0.1) is 0 Å². The summed E-state index contributed by atoms with van der Waals surface area (Å²) in [4.78, 5) is 13.3. The van der Waals surface area contributed by atoms with Gasteiger partial charge < -0.3 is 9.64 Å². The summed E-state index contributed by atoms with van der Waals surface area (Å²) in [6, 6.07) is 6.18. The summed E-state index contributed by atoms with van der Waals surface area (Å²) in [6.45, 7) is -0.958. The number of likely N-dealkylation sites (tertiary alicyclic amines) is 1. The molecule has 0 spiro atoms. The maximum atomic E-state index is 12.8. The second-order valence-corrected chi connectivity index (χ2v) is 5.43. The molecule has 1 amide bonds. The fraction of sp³-hybridized carbons (Fsp3) is 0.533. The predicted molar refractivity (Wildman–Crippen MR) is 71.7 cm³/mol. The van der Waals surface area contributed by atoms with Crippen LogP contribution in [0.25, 0.3) is 0 Å². The number of ether oxygens (including phenoxy) is 1. The zero-order valence-corrected chi connectivity index (χ0v) is 11.9. The van der Waals surface area contributed by atoms with Crippen molar-refractivity contribution in [2.45, 2.75) is 19.0 Å². The fourth-order valence-corrected chi connectivity index (χ4v) is 2.52. The summed E-state index contributed by atoms with van der Waals surface area (Å²) in [6.07, 6.45) is -2.92. The van der Waals surface area contributed by atoms with Crippen molar-refractivity contribution in [3.63, 3.8) is 0 Å². The van der Waals surface area contributed by atoms with Crippen molar-refractivity contribution in [2.75, 3.05) is 26.3 Å². The minimum atomic E-state index is -4.42. The Kier molecular flexibility index (Phi) is 5.39. The van der Waals surface area contributed by atoms with E-state index < -0.39 is 25.3 Å². The Bertz CT molecular complexity index is 501. The van der Waals surface area contributed by atoms with E-state index >= 15 is 0 Å². The lowest BCUT2D eigenvalue weighted by Gasteiger charge is -2.17. The summed E-state index contributed by atoms with van der Waals surface area (Å²) in [5.41, 5.74) is 0.981. The normalized spacial score (nSPS) is 18.7. The second kappa shape index (κ2) is 7.09. The molecule has 1 aromatic carbocycles. The molecule has 7 heteroatoms. The monoisotopic (exact) mass is 319 g/mol. The molecule has 1 heterocycles. The van der Waals surface area contributed by atoms with Gasteiger partial charge in [0.2, 0.25) is 5.91 Å². The van der Waals surface area contributed by atoms with Gasteiger partial charge in [-0.2, -0.15) is 13.2 Å². The van der Waals surface area contributed by atoms with Gasteiger partial charge in [-0.1, -0.05) is 12.1 Å². The molecule has 0 N–H and O–H groups in total. The quantitative estimate of drug-likeness (QED) is 0.781. The van der Waals surface area contributed by atoms with Gasteiger partial charge in [0.15, 0.2) is 0 Å². The molecule has 0 aromatic heterocycles. The van der Waals surface area contributed by atoms with Crippen LogP contribution >= 0.6 is 0 Å². The number of hydrogen-bond donors (Lipinski definition) is 0. The highest BCUT2D eigenvalue weighted by atomic mass is 19.4. The lowest BCUT2D eigenvalue weighted by atomic mass is 9.99. The molecule has 0 unspecified atom stereocenters. The van der Waals surface area contributed by atoms with Crippen LogP contribution in [0.15, 0.2) is 24.3 Å². The fourth-order valence-electron chi connectivity index (χ4n) is 2.52. The Balaban J connectivity index is 1.75. The molecule has 0 radical (unpaired) electrons. The Morgan fingerprint density at radius 2 is 1.95 bits per heavy atom. The molecule has 22 heavy (non-hydrogen) atoms. The summed E-state index contributed by atoms with van der Waals surface area (Å²) in [5.74, 6) is -0.489. The highest BCUT2D eigenvalue weighted by Crippen LogP contribution is 2.21. The summed E-state index contributed by atoms with van der Waals surface area (Å²) in [5, 5.41) is 0. The molecule has 0 aliphatic carbocycles. The van der Waals surface area contributed by atoms with Crippen molar-refractivity contribution in [1.82, 2.24) is 4.90 Å². The number of carbonyl (C=O) groups is 1. The third-order valence-corrected chi connectivity index (χ3v) is 3.57. The first kappa shape index (κ1) is 16.7. The first-order valence-corrected chi connectivity index (χ1v) is 7.00. The van der Waals surface area contributed by atoms with Crippen LogP contribution in [0.3, 0.4) is 0 Å². The van der Waals surface area contributed by atoms with E-state index in [0.717, 1.165) is 12.0 Å². The lowest BCUT2D eigenvalue weighted by Crippen LogP contribution is -2.33. The van der Waals surface area contributed by atoms with Gasteiger partial charge in [-0.05, 0) is 36.5 Å². The van der Waals surface area contributed by atoms with Crippen molar-refractivity contribution in [3.05, 3.63) is 35.6 Å². The number of benzene rings is 1. The molecule has 1 aliphatic rings. The van der Waals surface area contributed by atoms with E-state index in [9.17, 15) is 22.4 Å². The van der Waals surface area contributed by atoms with Crippen LogP contribution in [0.2, 0.25) is 0 Å².